The van der Waals surface area contributed by atoms with Crippen LogP contribution in [0.25, 0.3) is 11.2 Å². The molecular formula is C32H28FN5O5. The molecule has 1 aliphatic heterocycles. The molecule has 0 bridgehead atoms. The second kappa shape index (κ2) is 11.0. The highest BCUT2D eigenvalue weighted by molar-refractivity contribution is 5.72. The summed E-state index contributed by atoms with van der Waals surface area (Å²) in [7, 11) is 1.59. The number of alkyl halides is 1. The van der Waals surface area contributed by atoms with E-state index >= 15 is 4.39 Å². The maximum Gasteiger partial charge on any atom is 0.280 e. The lowest BCUT2D eigenvalue weighted by Crippen LogP contribution is -2.42. The smallest absolute Gasteiger partial charge is 0.280 e. The van der Waals surface area contributed by atoms with Crippen molar-refractivity contribution in [3.8, 4) is 18.1 Å². The van der Waals surface area contributed by atoms with E-state index in [0.717, 1.165) is 21.3 Å². The Labute approximate surface area is 245 Å². The van der Waals surface area contributed by atoms with E-state index in [4.69, 9.17) is 15.9 Å². The van der Waals surface area contributed by atoms with Gasteiger partial charge < -0.3 is 25.0 Å². The number of imidazole rings is 1. The minimum absolute atomic E-state index is 0.0379. The number of hydrogen-bond acceptors (Lipinski definition) is 8. The quantitative estimate of drug-likeness (QED) is 0.162. The van der Waals surface area contributed by atoms with Gasteiger partial charge in [0.25, 0.3) is 5.56 Å². The molecule has 1 aliphatic rings. The number of benzene rings is 3. The Kier molecular flexibility index (Phi) is 7.19. The first kappa shape index (κ1) is 28.1. The molecule has 0 aliphatic carbocycles. The van der Waals surface area contributed by atoms with E-state index in [1.807, 2.05) is 90.8 Å². The third-order valence-electron chi connectivity index (χ3n) is 7.77. The average molecular weight is 582 g/mol. The number of terminal acetylenes is 1. The van der Waals surface area contributed by atoms with Crippen molar-refractivity contribution in [3.63, 3.8) is 0 Å². The zero-order valence-electron chi connectivity index (χ0n) is 23.0. The summed E-state index contributed by atoms with van der Waals surface area (Å²) in [6.07, 6.45) is 1.94. The number of nitrogens with one attached hydrogen (secondary N) is 2. The zero-order chi connectivity index (χ0) is 30.2. The van der Waals surface area contributed by atoms with Gasteiger partial charge in [0, 0.05) is 0 Å². The van der Waals surface area contributed by atoms with Crippen molar-refractivity contribution in [3.05, 3.63) is 118 Å². The molecule has 2 aromatic heterocycles. The van der Waals surface area contributed by atoms with E-state index < -0.39 is 41.8 Å². The fourth-order valence-corrected chi connectivity index (χ4v) is 5.59. The first-order chi connectivity index (χ1) is 20.8. The summed E-state index contributed by atoms with van der Waals surface area (Å²) < 4.78 is 28.1. The SMILES string of the molecule is C#C[C@@]1(F)[C@H](O)[C@@H](CO)O[C@H]1n1cnc2c(=O)[nH]c(NC(c3ccccc3)(c3ccccc3)c3ccc(OC)cc3)nc21. The van der Waals surface area contributed by atoms with Gasteiger partial charge in [0.2, 0.25) is 11.6 Å². The molecule has 4 atom stereocenters. The van der Waals surface area contributed by atoms with E-state index in [0.29, 0.717) is 5.75 Å². The van der Waals surface area contributed by atoms with Crippen LogP contribution in [-0.2, 0) is 10.3 Å². The molecule has 3 heterocycles. The van der Waals surface area contributed by atoms with Crippen LogP contribution in [0.5, 0.6) is 5.75 Å². The summed E-state index contributed by atoms with van der Waals surface area (Å²) in [5.41, 5.74) is -2.04. The number of halogens is 1. The lowest BCUT2D eigenvalue weighted by atomic mass is 9.77. The standard InChI is InChI=1S/C32H28FN5O5/c1-3-31(33)26(40)24(18-39)43-29(31)38-19-34-25-27(38)35-30(36-28(25)41)37-32(20-10-6-4-7-11-20,21-12-8-5-9-13-21)22-14-16-23(42-2)17-15-22/h1,4-17,19,24,26,29,39-40H,18H2,2H3,(H2,35,36,37,41)/t24-,26-,29-,31-/m1/s1. The minimum Gasteiger partial charge on any atom is -0.497 e. The van der Waals surface area contributed by atoms with Crippen LogP contribution in [0.4, 0.5) is 10.3 Å². The Morgan fingerprint density at radius 2 is 1.70 bits per heavy atom. The zero-order valence-corrected chi connectivity index (χ0v) is 23.0. The number of aliphatic hydroxyl groups is 2. The molecule has 11 heteroatoms. The minimum atomic E-state index is -2.72. The van der Waals surface area contributed by atoms with Crippen LogP contribution in [0.2, 0.25) is 0 Å². The highest BCUT2D eigenvalue weighted by Gasteiger charge is 2.57. The number of aromatic amines is 1. The van der Waals surface area contributed by atoms with Crippen molar-refractivity contribution in [2.24, 2.45) is 0 Å². The van der Waals surface area contributed by atoms with Crippen LogP contribution >= 0.6 is 0 Å². The normalized spacial score (nSPS) is 21.9. The van der Waals surface area contributed by atoms with Crippen LogP contribution in [0, 0.1) is 12.3 Å². The van der Waals surface area contributed by atoms with Crippen molar-refractivity contribution in [1.29, 1.82) is 0 Å². The van der Waals surface area contributed by atoms with Gasteiger partial charge in [-0.15, -0.1) is 6.42 Å². The van der Waals surface area contributed by atoms with Gasteiger partial charge in [-0.2, -0.15) is 4.98 Å². The predicted molar refractivity (Wildman–Crippen MR) is 157 cm³/mol. The van der Waals surface area contributed by atoms with Gasteiger partial charge in [-0.05, 0) is 28.8 Å². The molecule has 4 N–H and O–H groups in total. The number of fused-ring (bicyclic) bond motifs is 1. The highest BCUT2D eigenvalue weighted by Crippen LogP contribution is 2.43. The summed E-state index contributed by atoms with van der Waals surface area (Å²) in [5, 5.41) is 23.6. The van der Waals surface area contributed by atoms with Crippen molar-refractivity contribution in [1.82, 2.24) is 19.5 Å². The van der Waals surface area contributed by atoms with Gasteiger partial charge in [0.15, 0.2) is 17.4 Å². The maximum atomic E-state index is 15.9. The van der Waals surface area contributed by atoms with E-state index in [-0.39, 0.29) is 17.1 Å². The van der Waals surface area contributed by atoms with E-state index in [9.17, 15) is 15.0 Å². The van der Waals surface area contributed by atoms with Crippen molar-refractivity contribution in [2.45, 2.75) is 29.6 Å². The lowest BCUT2D eigenvalue weighted by molar-refractivity contribution is -0.0504. The number of nitrogens with zero attached hydrogens (tertiary/aromatic N) is 3. The van der Waals surface area contributed by atoms with Crippen molar-refractivity contribution >= 4 is 17.1 Å². The Hall–Kier alpha value is -5.02. The first-order valence-corrected chi connectivity index (χ1v) is 13.5. The second-order valence-corrected chi connectivity index (χ2v) is 10.1. The number of rotatable bonds is 8. The topological polar surface area (TPSA) is 135 Å². The molecule has 6 rings (SSSR count). The number of anilines is 1. The number of ether oxygens (including phenoxy) is 2. The van der Waals surface area contributed by atoms with Gasteiger partial charge in [-0.25, -0.2) is 9.37 Å². The average Bonchev–Trinajstić information content (AvgIpc) is 3.59. The van der Waals surface area contributed by atoms with Gasteiger partial charge >= 0.3 is 0 Å². The molecule has 0 amide bonds. The second-order valence-electron chi connectivity index (χ2n) is 10.1. The fourth-order valence-electron chi connectivity index (χ4n) is 5.59. The van der Waals surface area contributed by atoms with Gasteiger partial charge in [0.05, 0.1) is 20.0 Å². The number of methoxy groups -OCH3 is 1. The largest absolute Gasteiger partial charge is 0.497 e. The van der Waals surface area contributed by atoms with Crippen LogP contribution in [0.15, 0.2) is 96.1 Å². The molecule has 1 saturated heterocycles. The van der Waals surface area contributed by atoms with Gasteiger partial charge in [0.1, 0.15) is 23.5 Å². The predicted octanol–water partition coefficient (Wildman–Crippen LogP) is 3.12. The molecule has 5 aromatic rings. The molecule has 0 radical (unpaired) electrons. The molecule has 0 spiro atoms. The lowest BCUT2D eigenvalue weighted by Gasteiger charge is -2.37. The maximum absolute atomic E-state index is 15.9. The van der Waals surface area contributed by atoms with Crippen molar-refractivity contribution in [2.75, 3.05) is 19.0 Å². The summed E-state index contributed by atoms with van der Waals surface area (Å²) in [6.45, 7) is -0.670. The molecule has 0 unspecified atom stereocenters. The molecule has 43 heavy (non-hydrogen) atoms. The molecular weight excluding hydrogens is 553 g/mol. The molecule has 218 valence electrons. The summed E-state index contributed by atoms with van der Waals surface area (Å²) in [6, 6.07) is 26.8. The number of aromatic nitrogens is 4. The number of hydrogen-bond donors (Lipinski definition) is 4. The monoisotopic (exact) mass is 581 g/mol. The molecule has 10 nitrogen and oxygen atoms in total. The summed E-state index contributed by atoms with van der Waals surface area (Å²) >= 11 is 0. The van der Waals surface area contributed by atoms with Gasteiger partial charge in [-0.1, -0.05) is 78.7 Å². The van der Waals surface area contributed by atoms with E-state index in [1.165, 1.54) is 6.33 Å². The van der Waals surface area contributed by atoms with E-state index in [1.54, 1.807) is 7.11 Å². The number of H-pyrrole nitrogens is 1. The van der Waals surface area contributed by atoms with Crippen LogP contribution in [0.1, 0.15) is 22.9 Å². The van der Waals surface area contributed by atoms with Crippen LogP contribution in [0.3, 0.4) is 0 Å². The van der Waals surface area contributed by atoms with Crippen LogP contribution < -0.4 is 15.6 Å². The van der Waals surface area contributed by atoms with Gasteiger partial charge in [-0.3, -0.25) is 14.3 Å². The Balaban J connectivity index is 1.56. The van der Waals surface area contributed by atoms with Crippen molar-refractivity contribution < 1.29 is 24.1 Å². The fraction of sp³-hybridized carbons (Fsp3) is 0.219. The molecule has 1 fully saturated rings. The Bertz CT molecular complexity index is 1800. The Morgan fingerprint density at radius 1 is 1.09 bits per heavy atom. The molecule has 3 aromatic carbocycles. The third kappa shape index (κ3) is 4.53. The number of aliphatic hydroxyl groups excluding tert-OH is 2. The van der Waals surface area contributed by atoms with E-state index in [2.05, 4.69) is 20.3 Å². The summed E-state index contributed by atoms with van der Waals surface area (Å²) in [5.74, 6) is 2.67. The highest BCUT2D eigenvalue weighted by atomic mass is 19.1. The third-order valence-corrected chi connectivity index (χ3v) is 7.77. The van der Waals surface area contributed by atoms with Crippen LogP contribution in [-0.4, -0.2) is 61.3 Å². The Morgan fingerprint density at radius 3 is 2.26 bits per heavy atom. The first-order valence-electron chi connectivity index (χ1n) is 13.5. The molecule has 0 saturated carbocycles. The summed E-state index contributed by atoms with van der Waals surface area (Å²) in [4.78, 5) is 24.9.